The van der Waals surface area contributed by atoms with Crippen LogP contribution in [-0.4, -0.2) is 47.7 Å². The van der Waals surface area contributed by atoms with Crippen molar-refractivity contribution in [3.63, 3.8) is 0 Å². The highest BCUT2D eigenvalue weighted by atomic mass is 16.5. The summed E-state index contributed by atoms with van der Waals surface area (Å²) < 4.78 is 4.99. The lowest BCUT2D eigenvalue weighted by Gasteiger charge is -2.37. The maximum absolute atomic E-state index is 11.8. The highest BCUT2D eigenvalue weighted by Gasteiger charge is 2.35. The van der Waals surface area contributed by atoms with Crippen molar-refractivity contribution < 1.29 is 19.4 Å². The number of amides is 1. The van der Waals surface area contributed by atoms with Crippen molar-refractivity contribution in [3.05, 3.63) is 0 Å². The lowest BCUT2D eigenvalue weighted by Crippen LogP contribution is -2.50. The molecule has 0 saturated carbocycles. The number of aliphatic hydroxyl groups is 1. The zero-order chi connectivity index (χ0) is 12.8. The molecule has 98 valence electrons. The fourth-order valence-electron chi connectivity index (χ4n) is 2.32. The molecule has 0 aromatic carbocycles. The van der Waals surface area contributed by atoms with E-state index in [2.05, 4.69) is 0 Å². The summed E-state index contributed by atoms with van der Waals surface area (Å²) in [5.74, 6) is -0.124. The minimum atomic E-state index is -0.474. The average Bonchev–Trinajstić information content (AvgIpc) is 2.29. The number of piperidine rings is 1. The number of aliphatic hydroxyl groups excluding tert-OH is 1. The molecule has 5 nitrogen and oxygen atoms in total. The summed E-state index contributed by atoms with van der Waals surface area (Å²) in [4.78, 5) is 24.8. The molecule has 0 aromatic heterocycles. The van der Waals surface area contributed by atoms with Crippen molar-refractivity contribution in [1.29, 1.82) is 0 Å². The second kappa shape index (κ2) is 6.59. The molecule has 1 aliphatic rings. The van der Waals surface area contributed by atoms with E-state index in [1.807, 2.05) is 0 Å². The molecule has 1 heterocycles. The number of hydrogen-bond donors (Lipinski definition) is 1. The van der Waals surface area contributed by atoms with Crippen LogP contribution in [0, 0.1) is 5.92 Å². The summed E-state index contributed by atoms with van der Waals surface area (Å²) in [5.41, 5.74) is 0. The Hall–Kier alpha value is -1.10. The number of hydrogen-bond acceptors (Lipinski definition) is 4. The molecule has 5 heteroatoms. The highest BCUT2D eigenvalue weighted by Crippen LogP contribution is 2.26. The predicted octanol–water partition coefficient (Wildman–Crippen LogP) is 0.559. The van der Waals surface area contributed by atoms with Gasteiger partial charge in [-0.05, 0) is 32.1 Å². The summed E-state index contributed by atoms with van der Waals surface area (Å²) in [6.07, 6.45) is 2.12. The first-order valence-electron chi connectivity index (χ1n) is 6.14. The van der Waals surface area contributed by atoms with Gasteiger partial charge in [-0.25, -0.2) is 4.79 Å². The van der Waals surface area contributed by atoms with Gasteiger partial charge in [0.25, 0.3) is 0 Å². The Kier molecular flexibility index (Phi) is 5.41. The van der Waals surface area contributed by atoms with E-state index in [1.54, 1.807) is 11.8 Å². The summed E-state index contributed by atoms with van der Waals surface area (Å²) >= 11 is 0. The quantitative estimate of drug-likeness (QED) is 0.733. The first-order valence-corrected chi connectivity index (χ1v) is 6.14. The van der Waals surface area contributed by atoms with Crippen molar-refractivity contribution in [2.45, 2.75) is 39.2 Å². The number of esters is 1. The lowest BCUT2D eigenvalue weighted by molar-refractivity contribution is -0.157. The maximum Gasteiger partial charge on any atom is 0.328 e. The molecule has 1 saturated heterocycles. The summed E-state index contributed by atoms with van der Waals surface area (Å²) in [6, 6.07) is -0.474. The number of rotatable bonds is 4. The standard InChI is InChI=1S/C12H21NO4/c1-3-17-12(16)11-8-10(5-7-14)4-6-13(11)9(2)15/h10-11,14H,3-8H2,1-2H3/t10-,11+/m1/s1. The van der Waals surface area contributed by atoms with Crippen LogP contribution in [-0.2, 0) is 14.3 Å². The Bertz CT molecular complexity index is 280. The van der Waals surface area contributed by atoms with Gasteiger partial charge >= 0.3 is 5.97 Å². The molecule has 0 aliphatic carbocycles. The van der Waals surface area contributed by atoms with Crippen molar-refractivity contribution in [1.82, 2.24) is 4.90 Å². The third-order valence-electron chi connectivity index (χ3n) is 3.21. The maximum atomic E-state index is 11.8. The Morgan fingerprint density at radius 1 is 1.47 bits per heavy atom. The number of ether oxygens (including phenoxy) is 1. The summed E-state index contributed by atoms with van der Waals surface area (Å²) in [6.45, 7) is 4.25. The first kappa shape index (κ1) is 14.0. The van der Waals surface area contributed by atoms with E-state index in [1.165, 1.54) is 6.92 Å². The SMILES string of the molecule is CCOC(=O)[C@@H]1C[C@@H](CCO)CCN1C(C)=O. The van der Waals surface area contributed by atoms with E-state index in [-0.39, 0.29) is 18.5 Å². The van der Waals surface area contributed by atoms with Gasteiger partial charge in [0, 0.05) is 20.1 Å². The fraction of sp³-hybridized carbons (Fsp3) is 0.833. The predicted molar refractivity (Wildman–Crippen MR) is 62.2 cm³/mol. The summed E-state index contributed by atoms with van der Waals surface area (Å²) in [7, 11) is 0. The minimum absolute atomic E-state index is 0.0921. The zero-order valence-electron chi connectivity index (χ0n) is 10.5. The second-order valence-electron chi connectivity index (χ2n) is 4.38. The monoisotopic (exact) mass is 243 g/mol. The van der Waals surface area contributed by atoms with Crippen LogP contribution in [0.2, 0.25) is 0 Å². The minimum Gasteiger partial charge on any atom is -0.464 e. The van der Waals surface area contributed by atoms with Gasteiger partial charge in [-0.1, -0.05) is 0 Å². The van der Waals surface area contributed by atoms with Crippen molar-refractivity contribution in [3.8, 4) is 0 Å². The molecular weight excluding hydrogens is 222 g/mol. The van der Waals surface area contributed by atoms with Gasteiger partial charge in [0.2, 0.25) is 5.91 Å². The molecule has 0 unspecified atom stereocenters. The van der Waals surface area contributed by atoms with Crippen LogP contribution in [0.5, 0.6) is 0 Å². The van der Waals surface area contributed by atoms with Gasteiger partial charge < -0.3 is 14.7 Å². The zero-order valence-corrected chi connectivity index (χ0v) is 10.5. The number of carbonyl (C=O) groups is 2. The van der Waals surface area contributed by atoms with Gasteiger partial charge in [0.1, 0.15) is 6.04 Å². The Morgan fingerprint density at radius 2 is 2.18 bits per heavy atom. The van der Waals surface area contributed by atoms with Gasteiger partial charge in [-0.3, -0.25) is 4.79 Å². The van der Waals surface area contributed by atoms with Gasteiger partial charge in [-0.15, -0.1) is 0 Å². The van der Waals surface area contributed by atoms with Crippen LogP contribution in [0.1, 0.15) is 33.1 Å². The molecule has 0 radical (unpaired) electrons. The fourth-order valence-corrected chi connectivity index (χ4v) is 2.32. The van der Waals surface area contributed by atoms with Crippen LogP contribution >= 0.6 is 0 Å². The first-order chi connectivity index (χ1) is 8.10. The largest absolute Gasteiger partial charge is 0.464 e. The van der Waals surface area contributed by atoms with Crippen molar-refractivity contribution >= 4 is 11.9 Å². The molecule has 1 rings (SSSR count). The van der Waals surface area contributed by atoms with E-state index in [0.29, 0.717) is 31.9 Å². The van der Waals surface area contributed by atoms with Crippen molar-refractivity contribution in [2.24, 2.45) is 5.92 Å². The molecule has 1 amide bonds. The molecule has 2 atom stereocenters. The highest BCUT2D eigenvalue weighted by molar-refractivity contribution is 5.83. The molecular formula is C12H21NO4. The third-order valence-corrected chi connectivity index (χ3v) is 3.21. The van der Waals surface area contributed by atoms with Crippen LogP contribution in [0.25, 0.3) is 0 Å². The molecule has 0 aromatic rings. The van der Waals surface area contributed by atoms with Crippen LogP contribution in [0.4, 0.5) is 0 Å². The van der Waals surface area contributed by atoms with E-state index < -0.39 is 6.04 Å². The van der Waals surface area contributed by atoms with Crippen LogP contribution in [0.3, 0.4) is 0 Å². The van der Waals surface area contributed by atoms with E-state index in [0.717, 1.165) is 6.42 Å². The van der Waals surface area contributed by atoms with E-state index in [9.17, 15) is 9.59 Å². The third kappa shape index (κ3) is 3.70. The van der Waals surface area contributed by atoms with E-state index in [4.69, 9.17) is 9.84 Å². The Morgan fingerprint density at radius 3 is 2.71 bits per heavy atom. The molecule has 1 N–H and O–H groups in total. The molecule has 0 spiro atoms. The normalized spacial score (nSPS) is 24.5. The van der Waals surface area contributed by atoms with Gasteiger partial charge in [0.05, 0.1) is 6.61 Å². The number of carbonyl (C=O) groups excluding carboxylic acids is 2. The molecule has 0 bridgehead atoms. The summed E-state index contributed by atoms with van der Waals surface area (Å²) in [5, 5.41) is 8.93. The lowest BCUT2D eigenvalue weighted by atomic mass is 9.88. The molecule has 1 fully saturated rings. The molecule has 1 aliphatic heterocycles. The van der Waals surface area contributed by atoms with Crippen LogP contribution < -0.4 is 0 Å². The number of likely N-dealkylation sites (tertiary alicyclic amines) is 1. The van der Waals surface area contributed by atoms with E-state index >= 15 is 0 Å². The topological polar surface area (TPSA) is 66.8 Å². The van der Waals surface area contributed by atoms with Gasteiger partial charge in [0.15, 0.2) is 0 Å². The molecule has 17 heavy (non-hydrogen) atoms. The number of nitrogens with zero attached hydrogens (tertiary/aromatic N) is 1. The Balaban J connectivity index is 2.68. The second-order valence-corrected chi connectivity index (χ2v) is 4.38. The smallest absolute Gasteiger partial charge is 0.328 e. The van der Waals surface area contributed by atoms with Crippen molar-refractivity contribution in [2.75, 3.05) is 19.8 Å². The van der Waals surface area contributed by atoms with Crippen LogP contribution in [0.15, 0.2) is 0 Å². The van der Waals surface area contributed by atoms with Gasteiger partial charge in [-0.2, -0.15) is 0 Å². The average molecular weight is 243 g/mol. The Labute approximate surface area is 102 Å².